The molecule has 1 heterocycles. The molecular formula is C11H20ClNO2S. The lowest BCUT2D eigenvalue weighted by Crippen LogP contribution is -2.47. The summed E-state index contributed by atoms with van der Waals surface area (Å²) in [6.45, 7) is 0.728. The third-order valence-corrected chi connectivity index (χ3v) is 6.08. The quantitative estimate of drug-likeness (QED) is 0.731. The largest absolute Gasteiger partial charge is 0.214 e. The Kier molecular flexibility index (Phi) is 4.14. The lowest BCUT2D eigenvalue weighted by atomic mass is 9.94. The normalized spacial score (nSPS) is 31.6. The van der Waals surface area contributed by atoms with Gasteiger partial charge in [-0.3, -0.25) is 0 Å². The maximum absolute atomic E-state index is 12.2. The van der Waals surface area contributed by atoms with Gasteiger partial charge in [0.2, 0.25) is 10.0 Å². The van der Waals surface area contributed by atoms with Crippen LogP contribution in [0.15, 0.2) is 0 Å². The number of halogens is 1. The molecule has 3 nitrogen and oxygen atoms in total. The van der Waals surface area contributed by atoms with Crippen LogP contribution in [0.3, 0.4) is 0 Å². The van der Waals surface area contributed by atoms with Crippen LogP contribution in [0.25, 0.3) is 0 Å². The summed E-state index contributed by atoms with van der Waals surface area (Å²) < 4.78 is 26.1. The van der Waals surface area contributed by atoms with E-state index >= 15 is 0 Å². The molecular weight excluding hydrogens is 246 g/mol. The fourth-order valence-electron chi connectivity index (χ4n) is 3.11. The van der Waals surface area contributed by atoms with Crippen LogP contribution in [0.2, 0.25) is 0 Å². The average Bonchev–Trinajstić information content (AvgIpc) is 2.73. The minimum absolute atomic E-state index is 0.222. The van der Waals surface area contributed by atoms with Crippen molar-refractivity contribution in [2.75, 3.05) is 18.2 Å². The Labute approximate surface area is 103 Å². The molecule has 94 valence electrons. The second kappa shape index (κ2) is 5.23. The molecule has 0 radical (unpaired) electrons. The predicted molar refractivity (Wildman–Crippen MR) is 66.2 cm³/mol. The van der Waals surface area contributed by atoms with Gasteiger partial charge in [0, 0.05) is 18.5 Å². The molecule has 1 aliphatic carbocycles. The lowest BCUT2D eigenvalue weighted by molar-refractivity contribution is 0.202. The Balaban J connectivity index is 2.07. The van der Waals surface area contributed by atoms with Crippen molar-refractivity contribution in [2.24, 2.45) is 5.92 Å². The van der Waals surface area contributed by atoms with Gasteiger partial charge in [-0.05, 0) is 38.0 Å². The molecule has 2 rings (SSSR count). The minimum Gasteiger partial charge on any atom is -0.212 e. The van der Waals surface area contributed by atoms with E-state index in [0.29, 0.717) is 24.3 Å². The van der Waals surface area contributed by atoms with E-state index in [9.17, 15) is 8.42 Å². The number of hydrogen-bond acceptors (Lipinski definition) is 2. The molecule has 2 unspecified atom stereocenters. The molecule has 1 saturated carbocycles. The highest BCUT2D eigenvalue weighted by Crippen LogP contribution is 2.38. The minimum atomic E-state index is -3.05. The van der Waals surface area contributed by atoms with Gasteiger partial charge in [0.1, 0.15) is 0 Å². The van der Waals surface area contributed by atoms with Crippen LogP contribution in [0, 0.1) is 5.92 Å². The van der Waals surface area contributed by atoms with Gasteiger partial charge >= 0.3 is 0 Å². The number of hydrogen-bond donors (Lipinski definition) is 0. The Morgan fingerprint density at radius 2 is 1.94 bits per heavy atom. The summed E-state index contributed by atoms with van der Waals surface area (Å²) >= 11 is 5.57. The maximum atomic E-state index is 12.2. The number of piperidine rings is 1. The van der Waals surface area contributed by atoms with E-state index in [1.54, 1.807) is 4.31 Å². The standard InChI is InChI=1S/C11H20ClNO2S/c12-7-3-9-16(14,15)13-8-2-5-10-4-1-6-11(10)13/h10-11H,1-9H2. The molecule has 16 heavy (non-hydrogen) atoms. The smallest absolute Gasteiger partial charge is 0.212 e. The van der Waals surface area contributed by atoms with E-state index in [1.165, 1.54) is 19.3 Å². The van der Waals surface area contributed by atoms with Gasteiger partial charge < -0.3 is 0 Å². The van der Waals surface area contributed by atoms with Crippen molar-refractivity contribution in [3.63, 3.8) is 0 Å². The number of fused-ring (bicyclic) bond motifs is 1. The zero-order valence-electron chi connectivity index (χ0n) is 9.57. The van der Waals surface area contributed by atoms with Gasteiger partial charge in [0.15, 0.2) is 0 Å². The molecule has 0 bridgehead atoms. The van der Waals surface area contributed by atoms with Crippen LogP contribution < -0.4 is 0 Å². The third-order valence-electron chi connectivity index (χ3n) is 3.84. The summed E-state index contributed by atoms with van der Waals surface area (Å²) in [6.07, 6.45) is 6.28. The third kappa shape index (κ3) is 2.54. The molecule has 1 saturated heterocycles. The van der Waals surface area contributed by atoms with Crippen LogP contribution in [0.5, 0.6) is 0 Å². The van der Waals surface area contributed by atoms with Gasteiger partial charge in [-0.15, -0.1) is 11.6 Å². The summed E-state index contributed by atoms with van der Waals surface area (Å²) in [5.41, 5.74) is 0. The Morgan fingerprint density at radius 3 is 2.69 bits per heavy atom. The second-order valence-electron chi connectivity index (χ2n) is 4.87. The fourth-order valence-corrected chi connectivity index (χ4v) is 5.24. The van der Waals surface area contributed by atoms with Crippen molar-refractivity contribution in [3.8, 4) is 0 Å². The highest BCUT2D eigenvalue weighted by atomic mass is 35.5. The first-order chi connectivity index (χ1) is 7.65. The number of sulfonamides is 1. The molecule has 2 aliphatic rings. The highest BCUT2D eigenvalue weighted by molar-refractivity contribution is 7.89. The lowest BCUT2D eigenvalue weighted by Gasteiger charge is -2.36. The SMILES string of the molecule is O=S(=O)(CCCCl)N1CCCC2CCCC21. The summed E-state index contributed by atoms with van der Waals surface area (Å²) in [5.74, 6) is 1.28. The van der Waals surface area contributed by atoms with Gasteiger partial charge in [-0.2, -0.15) is 4.31 Å². The van der Waals surface area contributed by atoms with Crippen molar-refractivity contribution in [1.82, 2.24) is 4.31 Å². The van der Waals surface area contributed by atoms with E-state index in [1.807, 2.05) is 0 Å². The first-order valence-electron chi connectivity index (χ1n) is 6.20. The second-order valence-corrected chi connectivity index (χ2v) is 7.29. The average molecular weight is 266 g/mol. The van der Waals surface area contributed by atoms with Crippen LogP contribution in [-0.4, -0.2) is 36.9 Å². The van der Waals surface area contributed by atoms with E-state index in [4.69, 9.17) is 11.6 Å². The van der Waals surface area contributed by atoms with Crippen molar-refractivity contribution < 1.29 is 8.42 Å². The number of nitrogens with zero attached hydrogens (tertiary/aromatic N) is 1. The number of alkyl halides is 1. The van der Waals surface area contributed by atoms with Crippen molar-refractivity contribution in [2.45, 2.75) is 44.6 Å². The molecule has 0 aromatic rings. The molecule has 5 heteroatoms. The molecule has 0 spiro atoms. The Hall–Kier alpha value is 0.200. The Morgan fingerprint density at radius 1 is 1.19 bits per heavy atom. The highest BCUT2D eigenvalue weighted by Gasteiger charge is 2.40. The molecule has 0 aromatic carbocycles. The maximum Gasteiger partial charge on any atom is 0.214 e. The number of rotatable bonds is 4. The summed E-state index contributed by atoms with van der Waals surface area (Å²) in [4.78, 5) is 0. The van der Waals surface area contributed by atoms with Crippen LogP contribution >= 0.6 is 11.6 Å². The molecule has 2 fully saturated rings. The van der Waals surface area contributed by atoms with Crippen molar-refractivity contribution >= 4 is 21.6 Å². The first-order valence-corrected chi connectivity index (χ1v) is 8.35. The first kappa shape index (κ1) is 12.7. The summed E-state index contributed by atoms with van der Waals surface area (Å²) in [7, 11) is -3.05. The van der Waals surface area contributed by atoms with E-state index in [-0.39, 0.29) is 5.75 Å². The molecule has 2 atom stereocenters. The van der Waals surface area contributed by atoms with Crippen LogP contribution in [0.4, 0.5) is 0 Å². The molecule has 0 aromatic heterocycles. The molecule has 1 aliphatic heterocycles. The summed E-state index contributed by atoms with van der Waals surface area (Å²) in [5, 5.41) is 0. The van der Waals surface area contributed by atoms with Crippen LogP contribution in [-0.2, 0) is 10.0 Å². The molecule has 0 N–H and O–H groups in total. The van der Waals surface area contributed by atoms with Gasteiger partial charge in [-0.25, -0.2) is 8.42 Å². The topological polar surface area (TPSA) is 37.4 Å². The summed E-state index contributed by atoms with van der Waals surface area (Å²) in [6, 6.07) is 0.300. The van der Waals surface area contributed by atoms with Crippen molar-refractivity contribution in [3.05, 3.63) is 0 Å². The molecule has 0 amide bonds. The van der Waals surface area contributed by atoms with Crippen molar-refractivity contribution in [1.29, 1.82) is 0 Å². The van der Waals surface area contributed by atoms with E-state index < -0.39 is 10.0 Å². The van der Waals surface area contributed by atoms with E-state index in [2.05, 4.69) is 0 Å². The zero-order valence-corrected chi connectivity index (χ0v) is 11.1. The van der Waals surface area contributed by atoms with Gasteiger partial charge in [0.05, 0.1) is 5.75 Å². The monoisotopic (exact) mass is 265 g/mol. The van der Waals surface area contributed by atoms with E-state index in [0.717, 1.165) is 19.4 Å². The van der Waals surface area contributed by atoms with Crippen LogP contribution in [0.1, 0.15) is 38.5 Å². The van der Waals surface area contributed by atoms with Gasteiger partial charge in [-0.1, -0.05) is 6.42 Å². The fraction of sp³-hybridized carbons (Fsp3) is 1.00. The van der Waals surface area contributed by atoms with Gasteiger partial charge in [0.25, 0.3) is 0 Å². The Bertz CT molecular complexity index is 331. The predicted octanol–water partition coefficient (Wildman–Crippen LogP) is 2.21. The zero-order chi connectivity index (χ0) is 11.6.